The number of H-pyrrole nitrogens is 1. The van der Waals surface area contributed by atoms with Crippen LogP contribution in [0.5, 0.6) is 0 Å². The van der Waals surface area contributed by atoms with Crippen molar-refractivity contribution in [2.24, 2.45) is 0 Å². The summed E-state index contributed by atoms with van der Waals surface area (Å²) >= 11 is 5.81. The Morgan fingerprint density at radius 1 is 1.40 bits per heavy atom. The van der Waals surface area contributed by atoms with E-state index in [1.807, 2.05) is 0 Å². The van der Waals surface area contributed by atoms with E-state index in [1.54, 1.807) is 25.1 Å². The third-order valence-electron chi connectivity index (χ3n) is 2.40. The maximum absolute atomic E-state index is 11.5. The van der Waals surface area contributed by atoms with Crippen molar-refractivity contribution < 1.29 is 4.79 Å². The minimum Gasteiger partial charge on any atom is -0.321 e. The molecule has 0 fully saturated rings. The van der Waals surface area contributed by atoms with Gasteiger partial charge in [0.2, 0.25) is 0 Å². The molecule has 0 amide bonds. The van der Waals surface area contributed by atoms with Crippen LogP contribution in [0.25, 0.3) is 10.9 Å². The van der Waals surface area contributed by atoms with Crippen LogP contribution in [0.3, 0.4) is 0 Å². The summed E-state index contributed by atoms with van der Waals surface area (Å²) < 4.78 is 0. The van der Waals surface area contributed by atoms with E-state index < -0.39 is 0 Å². The molecule has 0 bridgehead atoms. The monoisotopic (exact) mass is 221 g/mol. The number of fused-ring (bicyclic) bond motifs is 1. The minimum absolute atomic E-state index is 0.171. The first-order chi connectivity index (χ1) is 7.13. The van der Waals surface area contributed by atoms with Crippen molar-refractivity contribution in [2.45, 2.75) is 6.92 Å². The van der Waals surface area contributed by atoms with Gasteiger partial charge in [-0.1, -0.05) is 17.7 Å². The number of hydrogen-bond acceptors (Lipinski definition) is 2. The van der Waals surface area contributed by atoms with Crippen LogP contribution in [0.1, 0.15) is 15.9 Å². The first-order valence-electron chi connectivity index (χ1n) is 4.41. The molecule has 1 aromatic carbocycles. The molecular formula is C11H8ClNO2. The number of aromatic amines is 1. The Labute approximate surface area is 90.7 Å². The normalized spacial score (nSPS) is 10.5. The summed E-state index contributed by atoms with van der Waals surface area (Å²) in [6.45, 7) is 1.75. The molecule has 15 heavy (non-hydrogen) atoms. The summed E-state index contributed by atoms with van der Waals surface area (Å²) in [5.41, 5.74) is 1.12. The van der Waals surface area contributed by atoms with Crippen LogP contribution in [0.2, 0.25) is 5.02 Å². The lowest BCUT2D eigenvalue weighted by Crippen LogP contribution is -2.14. The Kier molecular flexibility index (Phi) is 2.32. The molecular weight excluding hydrogens is 214 g/mol. The Balaban J connectivity index is 2.97. The standard InChI is InChI=1S/C11H8ClNO2/c1-6-8-3-2-7(12)4-10(8)13-11(15)9(6)5-14/h2-5H,1H3,(H,13,15). The molecule has 0 aliphatic rings. The molecule has 0 aliphatic carbocycles. The van der Waals surface area contributed by atoms with Gasteiger partial charge in [-0.25, -0.2) is 0 Å². The van der Waals surface area contributed by atoms with Gasteiger partial charge < -0.3 is 4.98 Å². The lowest BCUT2D eigenvalue weighted by Gasteiger charge is -2.04. The minimum atomic E-state index is -0.378. The van der Waals surface area contributed by atoms with E-state index in [-0.39, 0.29) is 11.1 Å². The highest BCUT2D eigenvalue weighted by molar-refractivity contribution is 6.31. The van der Waals surface area contributed by atoms with E-state index >= 15 is 0 Å². The van der Waals surface area contributed by atoms with E-state index in [0.29, 0.717) is 22.4 Å². The molecule has 1 heterocycles. The van der Waals surface area contributed by atoms with Gasteiger partial charge >= 0.3 is 0 Å². The average molecular weight is 222 g/mol. The Morgan fingerprint density at radius 2 is 2.13 bits per heavy atom. The second-order valence-corrected chi connectivity index (χ2v) is 3.74. The summed E-state index contributed by atoms with van der Waals surface area (Å²) in [7, 11) is 0. The van der Waals surface area contributed by atoms with Crippen molar-refractivity contribution in [1.29, 1.82) is 0 Å². The van der Waals surface area contributed by atoms with Gasteiger partial charge in [-0.2, -0.15) is 0 Å². The zero-order chi connectivity index (χ0) is 11.0. The van der Waals surface area contributed by atoms with Crippen molar-refractivity contribution in [2.75, 3.05) is 0 Å². The fraction of sp³-hybridized carbons (Fsp3) is 0.0909. The summed E-state index contributed by atoms with van der Waals surface area (Å²) in [4.78, 5) is 24.8. The zero-order valence-corrected chi connectivity index (χ0v) is 8.76. The second kappa shape index (κ2) is 3.51. The van der Waals surface area contributed by atoms with Crippen molar-refractivity contribution in [3.8, 4) is 0 Å². The Bertz CT molecular complexity index is 601. The number of pyridine rings is 1. The molecule has 0 saturated heterocycles. The third-order valence-corrected chi connectivity index (χ3v) is 2.64. The molecule has 1 N–H and O–H groups in total. The number of benzene rings is 1. The topological polar surface area (TPSA) is 49.9 Å². The van der Waals surface area contributed by atoms with E-state index in [9.17, 15) is 9.59 Å². The maximum atomic E-state index is 11.5. The van der Waals surface area contributed by atoms with E-state index in [0.717, 1.165) is 5.39 Å². The molecule has 0 atom stereocenters. The van der Waals surface area contributed by atoms with Crippen molar-refractivity contribution in [3.63, 3.8) is 0 Å². The predicted molar refractivity (Wildman–Crippen MR) is 59.7 cm³/mol. The summed E-state index contributed by atoms with van der Waals surface area (Å²) in [5.74, 6) is 0. The van der Waals surface area contributed by atoms with Crippen LogP contribution >= 0.6 is 11.6 Å². The highest BCUT2D eigenvalue weighted by atomic mass is 35.5. The predicted octanol–water partition coefficient (Wildman–Crippen LogP) is 2.30. The number of hydrogen-bond donors (Lipinski definition) is 1. The first kappa shape index (κ1) is 9.93. The summed E-state index contributed by atoms with van der Waals surface area (Å²) in [5, 5.41) is 1.39. The molecule has 4 heteroatoms. The number of aryl methyl sites for hydroxylation is 1. The van der Waals surface area contributed by atoms with Crippen LogP contribution in [-0.4, -0.2) is 11.3 Å². The number of carbonyl (C=O) groups is 1. The van der Waals surface area contributed by atoms with Crippen LogP contribution in [0.15, 0.2) is 23.0 Å². The maximum Gasteiger partial charge on any atom is 0.259 e. The first-order valence-corrected chi connectivity index (χ1v) is 4.78. The lowest BCUT2D eigenvalue weighted by atomic mass is 10.1. The number of nitrogens with one attached hydrogen (secondary N) is 1. The van der Waals surface area contributed by atoms with Gasteiger partial charge in [-0.05, 0) is 24.6 Å². The summed E-state index contributed by atoms with van der Waals surface area (Å²) in [6.07, 6.45) is 0.572. The summed E-state index contributed by atoms with van der Waals surface area (Å²) in [6, 6.07) is 5.18. The smallest absolute Gasteiger partial charge is 0.259 e. The van der Waals surface area contributed by atoms with Crippen LogP contribution < -0.4 is 5.56 Å². The molecule has 0 unspecified atom stereocenters. The number of rotatable bonds is 1. The number of halogens is 1. The van der Waals surface area contributed by atoms with Crippen LogP contribution in [0.4, 0.5) is 0 Å². The van der Waals surface area contributed by atoms with Crippen molar-refractivity contribution in [3.05, 3.63) is 44.7 Å². The molecule has 0 saturated carbocycles. The van der Waals surface area contributed by atoms with Gasteiger partial charge in [0.25, 0.3) is 5.56 Å². The van der Waals surface area contributed by atoms with Gasteiger partial charge in [0.15, 0.2) is 6.29 Å². The Hall–Kier alpha value is -1.61. The molecule has 2 aromatic rings. The number of aromatic nitrogens is 1. The fourth-order valence-corrected chi connectivity index (χ4v) is 1.77. The van der Waals surface area contributed by atoms with Crippen LogP contribution in [-0.2, 0) is 0 Å². The quantitative estimate of drug-likeness (QED) is 0.752. The highest BCUT2D eigenvalue weighted by Crippen LogP contribution is 2.20. The van der Waals surface area contributed by atoms with Gasteiger partial charge in [0.1, 0.15) is 0 Å². The molecule has 2 rings (SSSR count). The molecule has 76 valence electrons. The molecule has 0 aliphatic heterocycles. The molecule has 1 aromatic heterocycles. The SMILES string of the molecule is Cc1c(C=O)c(=O)[nH]c2cc(Cl)ccc12. The van der Waals surface area contributed by atoms with Crippen LogP contribution in [0, 0.1) is 6.92 Å². The zero-order valence-electron chi connectivity index (χ0n) is 8.00. The van der Waals surface area contributed by atoms with Crippen molar-refractivity contribution >= 4 is 28.8 Å². The highest BCUT2D eigenvalue weighted by Gasteiger charge is 2.07. The molecule has 0 radical (unpaired) electrons. The van der Waals surface area contributed by atoms with Gasteiger partial charge in [0.05, 0.1) is 11.1 Å². The van der Waals surface area contributed by atoms with E-state index in [1.165, 1.54) is 0 Å². The average Bonchev–Trinajstić information content (AvgIpc) is 2.17. The van der Waals surface area contributed by atoms with E-state index in [4.69, 9.17) is 11.6 Å². The van der Waals surface area contributed by atoms with Gasteiger partial charge in [-0.15, -0.1) is 0 Å². The van der Waals surface area contributed by atoms with E-state index in [2.05, 4.69) is 4.98 Å². The third kappa shape index (κ3) is 1.55. The largest absolute Gasteiger partial charge is 0.321 e. The second-order valence-electron chi connectivity index (χ2n) is 3.30. The number of carbonyl (C=O) groups excluding carboxylic acids is 1. The Morgan fingerprint density at radius 3 is 2.80 bits per heavy atom. The molecule has 0 spiro atoms. The lowest BCUT2D eigenvalue weighted by molar-refractivity contribution is 0.112. The van der Waals surface area contributed by atoms with Crippen molar-refractivity contribution in [1.82, 2.24) is 4.98 Å². The number of aldehydes is 1. The van der Waals surface area contributed by atoms with Gasteiger partial charge in [-0.3, -0.25) is 9.59 Å². The molecule has 3 nitrogen and oxygen atoms in total. The van der Waals surface area contributed by atoms with Gasteiger partial charge in [0, 0.05) is 10.4 Å². The fourth-order valence-electron chi connectivity index (χ4n) is 1.59.